The molecule has 0 spiro atoms. The smallest absolute Gasteiger partial charge is 0.123 e. The van der Waals surface area contributed by atoms with E-state index in [4.69, 9.17) is 0 Å². The molecule has 1 aliphatic rings. The first-order valence-corrected chi connectivity index (χ1v) is 5.86. The number of benzene rings is 1. The Balaban J connectivity index is 2.18. The van der Waals surface area contributed by atoms with Gasteiger partial charge in [0.2, 0.25) is 0 Å². The van der Waals surface area contributed by atoms with Crippen molar-refractivity contribution in [3.8, 4) is 0 Å². The molecule has 0 aliphatic carbocycles. The topological polar surface area (TPSA) is 32.3 Å². The Morgan fingerprint density at radius 2 is 2.25 bits per heavy atom. The van der Waals surface area contributed by atoms with E-state index in [2.05, 4.69) is 5.32 Å². The predicted molar refractivity (Wildman–Crippen MR) is 61.7 cm³/mol. The summed E-state index contributed by atoms with van der Waals surface area (Å²) < 4.78 is 13.1. The predicted octanol–water partition coefficient (Wildman–Crippen LogP) is 2.31. The van der Waals surface area contributed by atoms with E-state index in [0.717, 1.165) is 31.4 Å². The molecule has 2 rings (SSSR count). The van der Waals surface area contributed by atoms with Crippen LogP contribution in [0.2, 0.25) is 0 Å². The van der Waals surface area contributed by atoms with Gasteiger partial charge in [-0.15, -0.1) is 0 Å². The van der Waals surface area contributed by atoms with E-state index in [9.17, 15) is 9.50 Å². The second kappa shape index (κ2) is 4.93. The molecule has 1 fully saturated rings. The number of hydrogen-bond donors (Lipinski definition) is 2. The third-order valence-corrected chi connectivity index (χ3v) is 3.29. The van der Waals surface area contributed by atoms with Gasteiger partial charge in [-0.05, 0) is 49.6 Å². The molecule has 2 N–H and O–H groups in total. The highest BCUT2D eigenvalue weighted by Crippen LogP contribution is 2.25. The largest absolute Gasteiger partial charge is 0.387 e. The van der Waals surface area contributed by atoms with Crippen molar-refractivity contribution in [1.82, 2.24) is 5.32 Å². The second-order valence-corrected chi connectivity index (χ2v) is 4.50. The van der Waals surface area contributed by atoms with Gasteiger partial charge in [-0.3, -0.25) is 0 Å². The van der Waals surface area contributed by atoms with E-state index in [1.54, 1.807) is 6.07 Å². The number of piperidine rings is 1. The standard InChI is InChI=1S/C13H18FNO/c1-9-5-6-10(14)8-11(9)13(16)12-4-2-3-7-15-12/h5-6,8,12-13,15-16H,2-4,7H2,1H3. The molecule has 0 amide bonds. The van der Waals surface area contributed by atoms with Gasteiger partial charge in [-0.25, -0.2) is 4.39 Å². The Hall–Kier alpha value is -0.930. The summed E-state index contributed by atoms with van der Waals surface area (Å²) in [6.07, 6.45) is 2.64. The fourth-order valence-corrected chi connectivity index (χ4v) is 2.29. The van der Waals surface area contributed by atoms with E-state index < -0.39 is 6.10 Å². The number of aliphatic hydroxyl groups excluding tert-OH is 1. The van der Waals surface area contributed by atoms with E-state index >= 15 is 0 Å². The molecule has 0 radical (unpaired) electrons. The van der Waals surface area contributed by atoms with Crippen molar-refractivity contribution in [2.75, 3.05) is 6.54 Å². The van der Waals surface area contributed by atoms with E-state index in [1.807, 2.05) is 6.92 Å². The fourth-order valence-electron chi connectivity index (χ4n) is 2.29. The lowest BCUT2D eigenvalue weighted by atomic mass is 9.92. The normalized spacial score (nSPS) is 23.1. The first kappa shape index (κ1) is 11.6. The third kappa shape index (κ3) is 2.42. The maximum Gasteiger partial charge on any atom is 0.123 e. The van der Waals surface area contributed by atoms with Crippen molar-refractivity contribution in [3.05, 3.63) is 35.1 Å². The summed E-state index contributed by atoms with van der Waals surface area (Å²) in [6, 6.07) is 4.65. The Kier molecular flexibility index (Phi) is 3.56. The zero-order valence-corrected chi connectivity index (χ0v) is 9.54. The van der Waals surface area contributed by atoms with E-state index in [0.29, 0.717) is 5.56 Å². The quantitative estimate of drug-likeness (QED) is 0.806. The molecular formula is C13H18FNO. The fraction of sp³-hybridized carbons (Fsp3) is 0.538. The molecule has 2 atom stereocenters. The maximum atomic E-state index is 13.1. The van der Waals surface area contributed by atoms with Gasteiger partial charge in [0.25, 0.3) is 0 Å². The number of aryl methyl sites for hydroxylation is 1. The number of hydrogen-bond acceptors (Lipinski definition) is 2. The minimum atomic E-state index is -0.601. The average molecular weight is 223 g/mol. The molecule has 1 aromatic carbocycles. The van der Waals surface area contributed by atoms with Crippen molar-refractivity contribution >= 4 is 0 Å². The van der Waals surface area contributed by atoms with Gasteiger partial charge in [0.1, 0.15) is 5.82 Å². The highest BCUT2D eigenvalue weighted by atomic mass is 19.1. The monoisotopic (exact) mass is 223 g/mol. The van der Waals surface area contributed by atoms with E-state index in [1.165, 1.54) is 12.1 Å². The van der Waals surface area contributed by atoms with Crippen LogP contribution in [0.4, 0.5) is 4.39 Å². The molecule has 0 bridgehead atoms. The zero-order chi connectivity index (χ0) is 11.5. The third-order valence-electron chi connectivity index (χ3n) is 3.29. The van der Waals surface area contributed by atoms with E-state index in [-0.39, 0.29) is 11.9 Å². The van der Waals surface area contributed by atoms with Crippen molar-refractivity contribution < 1.29 is 9.50 Å². The summed E-state index contributed by atoms with van der Waals surface area (Å²) in [7, 11) is 0. The van der Waals surface area contributed by atoms with Crippen LogP contribution < -0.4 is 5.32 Å². The van der Waals surface area contributed by atoms with Crippen molar-refractivity contribution in [2.24, 2.45) is 0 Å². The number of halogens is 1. The van der Waals surface area contributed by atoms with Gasteiger partial charge in [-0.2, -0.15) is 0 Å². The Labute approximate surface area is 95.5 Å². The Bertz CT molecular complexity index is 361. The number of aliphatic hydroxyl groups is 1. The molecule has 1 saturated heterocycles. The minimum absolute atomic E-state index is 0.0641. The van der Waals surface area contributed by atoms with Crippen molar-refractivity contribution in [2.45, 2.75) is 38.3 Å². The van der Waals surface area contributed by atoms with Gasteiger partial charge in [-0.1, -0.05) is 12.5 Å². The Morgan fingerprint density at radius 3 is 2.94 bits per heavy atom. The van der Waals surface area contributed by atoms with Crippen molar-refractivity contribution in [1.29, 1.82) is 0 Å². The van der Waals surface area contributed by atoms with Gasteiger partial charge >= 0.3 is 0 Å². The van der Waals surface area contributed by atoms with Crippen LogP contribution in [0.1, 0.15) is 36.5 Å². The lowest BCUT2D eigenvalue weighted by molar-refractivity contribution is 0.113. The molecule has 2 unspecified atom stereocenters. The number of nitrogens with one attached hydrogen (secondary N) is 1. The first-order chi connectivity index (χ1) is 7.68. The lowest BCUT2D eigenvalue weighted by Gasteiger charge is -2.29. The van der Waals surface area contributed by atoms with Gasteiger partial charge < -0.3 is 10.4 Å². The van der Waals surface area contributed by atoms with Gasteiger partial charge in [0.15, 0.2) is 0 Å². The SMILES string of the molecule is Cc1ccc(F)cc1C(O)C1CCCCN1. The van der Waals surface area contributed by atoms with Crippen LogP contribution in [0.15, 0.2) is 18.2 Å². The number of rotatable bonds is 2. The molecule has 16 heavy (non-hydrogen) atoms. The zero-order valence-electron chi connectivity index (χ0n) is 9.54. The van der Waals surface area contributed by atoms with Crippen LogP contribution >= 0.6 is 0 Å². The second-order valence-electron chi connectivity index (χ2n) is 4.50. The summed E-state index contributed by atoms with van der Waals surface area (Å²) in [4.78, 5) is 0. The molecule has 88 valence electrons. The molecule has 2 nitrogen and oxygen atoms in total. The molecule has 1 aliphatic heterocycles. The molecule has 0 saturated carbocycles. The minimum Gasteiger partial charge on any atom is -0.387 e. The highest BCUT2D eigenvalue weighted by Gasteiger charge is 2.23. The van der Waals surface area contributed by atoms with Crippen LogP contribution in [-0.4, -0.2) is 17.7 Å². The van der Waals surface area contributed by atoms with Crippen LogP contribution in [0.5, 0.6) is 0 Å². The average Bonchev–Trinajstić information content (AvgIpc) is 2.32. The maximum absolute atomic E-state index is 13.1. The summed E-state index contributed by atoms with van der Waals surface area (Å²) >= 11 is 0. The van der Waals surface area contributed by atoms with Gasteiger partial charge in [0.05, 0.1) is 6.10 Å². The summed E-state index contributed by atoms with van der Waals surface area (Å²) in [5.41, 5.74) is 1.65. The van der Waals surface area contributed by atoms with Gasteiger partial charge in [0, 0.05) is 6.04 Å². The summed E-state index contributed by atoms with van der Waals surface area (Å²) in [6.45, 7) is 2.84. The molecule has 1 heterocycles. The summed E-state index contributed by atoms with van der Waals surface area (Å²) in [5, 5.41) is 13.5. The lowest BCUT2D eigenvalue weighted by Crippen LogP contribution is -2.39. The summed E-state index contributed by atoms with van der Waals surface area (Å²) in [5.74, 6) is -0.282. The molecule has 1 aromatic rings. The first-order valence-electron chi connectivity index (χ1n) is 5.86. The van der Waals surface area contributed by atoms with Crippen LogP contribution in [0.25, 0.3) is 0 Å². The molecule has 0 aromatic heterocycles. The van der Waals surface area contributed by atoms with Crippen molar-refractivity contribution in [3.63, 3.8) is 0 Å². The molecule has 3 heteroatoms. The molecular weight excluding hydrogens is 205 g/mol. The highest BCUT2D eigenvalue weighted by molar-refractivity contribution is 5.29. The van der Waals surface area contributed by atoms with Crippen LogP contribution in [0, 0.1) is 12.7 Å². The Morgan fingerprint density at radius 1 is 1.44 bits per heavy atom. The van der Waals surface area contributed by atoms with Crippen LogP contribution in [0.3, 0.4) is 0 Å². The van der Waals surface area contributed by atoms with Crippen LogP contribution in [-0.2, 0) is 0 Å².